The van der Waals surface area contributed by atoms with Crippen molar-refractivity contribution in [3.8, 4) is 0 Å². The predicted octanol–water partition coefficient (Wildman–Crippen LogP) is 1.59. The van der Waals surface area contributed by atoms with E-state index in [0.717, 1.165) is 23.7 Å². The Kier molecular flexibility index (Phi) is 5.28. The molecule has 0 aliphatic heterocycles. The Morgan fingerprint density at radius 1 is 1.67 bits per heavy atom. The Hall–Kier alpha value is -0.940. The molecule has 0 saturated carbocycles. The van der Waals surface area contributed by atoms with Gasteiger partial charge >= 0.3 is 0 Å². The van der Waals surface area contributed by atoms with Gasteiger partial charge in [0.05, 0.1) is 12.0 Å². The smallest absolute Gasteiger partial charge is 0.233 e. The fraction of sp³-hybridized carbons (Fsp3) is 0.500. The van der Waals surface area contributed by atoms with Crippen LogP contribution in [0.3, 0.4) is 0 Å². The fourth-order valence-corrected chi connectivity index (χ4v) is 2.10. The first-order chi connectivity index (χ1) is 7.24. The minimum absolute atomic E-state index is 0.107. The third kappa shape index (κ3) is 4.40. The van der Waals surface area contributed by atoms with Crippen molar-refractivity contribution in [3.05, 3.63) is 23.7 Å². The van der Waals surface area contributed by atoms with Crippen molar-refractivity contribution >= 4 is 17.7 Å². The summed E-state index contributed by atoms with van der Waals surface area (Å²) in [6.07, 6.45) is 3.03. The summed E-state index contributed by atoms with van der Waals surface area (Å²) >= 11 is 1.76. The molecule has 0 fully saturated rings. The number of carbonyl (C=O) groups is 1. The molecule has 84 valence electrons. The monoisotopic (exact) mass is 228 g/mol. The van der Waals surface area contributed by atoms with Crippen LogP contribution in [0, 0.1) is 6.92 Å². The van der Waals surface area contributed by atoms with Crippen LogP contribution >= 0.6 is 11.8 Å². The summed E-state index contributed by atoms with van der Waals surface area (Å²) in [5.74, 6) is 7.67. The van der Waals surface area contributed by atoms with Gasteiger partial charge in [-0.15, -0.1) is 0 Å². The van der Waals surface area contributed by atoms with E-state index in [2.05, 4.69) is 5.43 Å². The van der Waals surface area contributed by atoms with Gasteiger partial charge in [-0.25, -0.2) is 5.84 Å². The first kappa shape index (κ1) is 12.1. The topological polar surface area (TPSA) is 68.3 Å². The SMILES string of the molecule is Cc1ccoc1CSCCCC(=O)NN. The molecular formula is C10H16N2O2S. The van der Waals surface area contributed by atoms with Gasteiger partial charge in [0, 0.05) is 6.42 Å². The molecule has 5 heteroatoms. The van der Waals surface area contributed by atoms with Crippen molar-refractivity contribution in [3.63, 3.8) is 0 Å². The molecule has 0 atom stereocenters. The summed E-state index contributed by atoms with van der Waals surface area (Å²) in [6.45, 7) is 2.03. The van der Waals surface area contributed by atoms with Gasteiger partial charge in [-0.2, -0.15) is 11.8 Å². The van der Waals surface area contributed by atoms with E-state index in [4.69, 9.17) is 10.3 Å². The Morgan fingerprint density at radius 2 is 2.47 bits per heavy atom. The van der Waals surface area contributed by atoms with Crippen molar-refractivity contribution < 1.29 is 9.21 Å². The molecule has 15 heavy (non-hydrogen) atoms. The highest BCUT2D eigenvalue weighted by Gasteiger charge is 2.02. The molecule has 0 radical (unpaired) electrons. The van der Waals surface area contributed by atoms with Gasteiger partial charge in [0.2, 0.25) is 5.91 Å². The summed E-state index contributed by atoms with van der Waals surface area (Å²) in [5.41, 5.74) is 3.29. The predicted molar refractivity (Wildman–Crippen MR) is 61.2 cm³/mol. The van der Waals surface area contributed by atoms with Gasteiger partial charge in [-0.1, -0.05) is 0 Å². The third-order valence-electron chi connectivity index (χ3n) is 2.05. The standard InChI is InChI=1S/C10H16N2O2S/c1-8-4-5-14-9(8)7-15-6-2-3-10(13)12-11/h4-5H,2-3,6-7,11H2,1H3,(H,12,13). The molecule has 3 N–H and O–H groups in total. The van der Waals surface area contributed by atoms with Gasteiger partial charge in [0.15, 0.2) is 0 Å². The number of thioether (sulfide) groups is 1. The number of rotatable bonds is 6. The number of hydrogen-bond donors (Lipinski definition) is 2. The number of nitrogens with one attached hydrogen (secondary N) is 1. The van der Waals surface area contributed by atoms with Crippen LogP contribution in [0.2, 0.25) is 0 Å². The summed E-state index contributed by atoms with van der Waals surface area (Å²) in [4.78, 5) is 10.8. The highest BCUT2D eigenvalue weighted by molar-refractivity contribution is 7.98. The zero-order valence-electron chi connectivity index (χ0n) is 8.79. The van der Waals surface area contributed by atoms with Crippen LogP contribution < -0.4 is 11.3 Å². The first-order valence-electron chi connectivity index (χ1n) is 4.84. The molecule has 0 saturated heterocycles. The Balaban J connectivity index is 2.07. The zero-order chi connectivity index (χ0) is 11.1. The Bertz CT molecular complexity index is 312. The maximum atomic E-state index is 10.8. The number of nitrogens with two attached hydrogens (primary N) is 1. The maximum absolute atomic E-state index is 10.8. The average Bonchev–Trinajstić information content (AvgIpc) is 2.63. The van der Waals surface area contributed by atoms with Crippen molar-refractivity contribution in [2.45, 2.75) is 25.5 Å². The lowest BCUT2D eigenvalue weighted by molar-refractivity contribution is -0.121. The second-order valence-electron chi connectivity index (χ2n) is 3.25. The lowest BCUT2D eigenvalue weighted by atomic mass is 10.3. The van der Waals surface area contributed by atoms with E-state index < -0.39 is 0 Å². The minimum atomic E-state index is -0.107. The fourth-order valence-electron chi connectivity index (χ4n) is 1.12. The van der Waals surface area contributed by atoms with E-state index in [1.165, 1.54) is 5.56 Å². The molecule has 1 aromatic rings. The molecule has 4 nitrogen and oxygen atoms in total. The Labute approximate surface area is 93.6 Å². The Morgan fingerprint density at radius 3 is 3.07 bits per heavy atom. The average molecular weight is 228 g/mol. The lowest BCUT2D eigenvalue weighted by Crippen LogP contribution is -2.29. The van der Waals surface area contributed by atoms with Crippen LogP contribution in [0.1, 0.15) is 24.2 Å². The van der Waals surface area contributed by atoms with Gasteiger partial charge in [-0.05, 0) is 30.7 Å². The minimum Gasteiger partial charge on any atom is -0.468 e. The lowest BCUT2D eigenvalue weighted by Gasteiger charge is -2.00. The molecule has 0 aromatic carbocycles. The van der Waals surface area contributed by atoms with E-state index in [-0.39, 0.29) is 5.91 Å². The first-order valence-corrected chi connectivity index (χ1v) is 5.99. The molecule has 0 aliphatic carbocycles. The number of carbonyl (C=O) groups excluding carboxylic acids is 1. The molecular weight excluding hydrogens is 212 g/mol. The van der Waals surface area contributed by atoms with Crippen molar-refractivity contribution in [1.82, 2.24) is 5.43 Å². The van der Waals surface area contributed by atoms with Crippen LogP contribution in [-0.2, 0) is 10.5 Å². The molecule has 0 spiro atoms. The van der Waals surface area contributed by atoms with E-state index in [1.807, 2.05) is 13.0 Å². The van der Waals surface area contributed by atoms with Crippen LogP contribution in [-0.4, -0.2) is 11.7 Å². The largest absolute Gasteiger partial charge is 0.468 e. The summed E-state index contributed by atoms with van der Waals surface area (Å²) < 4.78 is 5.29. The summed E-state index contributed by atoms with van der Waals surface area (Å²) in [6, 6.07) is 1.96. The molecule has 0 unspecified atom stereocenters. The molecule has 1 aromatic heterocycles. The quantitative estimate of drug-likeness (QED) is 0.336. The molecule has 0 aliphatic rings. The van der Waals surface area contributed by atoms with Crippen molar-refractivity contribution in [2.24, 2.45) is 5.84 Å². The van der Waals surface area contributed by atoms with Crippen LogP contribution in [0.25, 0.3) is 0 Å². The number of aryl methyl sites for hydroxylation is 1. The van der Waals surface area contributed by atoms with E-state index in [0.29, 0.717) is 6.42 Å². The van der Waals surface area contributed by atoms with E-state index in [1.54, 1.807) is 18.0 Å². The normalized spacial score (nSPS) is 10.3. The maximum Gasteiger partial charge on any atom is 0.233 e. The number of hydrogen-bond acceptors (Lipinski definition) is 4. The van der Waals surface area contributed by atoms with Crippen molar-refractivity contribution in [1.29, 1.82) is 0 Å². The van der Waals surface area contributed by atoms with Crippen LogP contribution in [0.5, 0.6) is 0 Å². The number of hydrazine groups is 1. The van der Waals surface area contributed by atoms with Gasteiger partial charge in [0.1, 0.15) is 5.76 Å². The molecule has 0 bridgehead atoms. The van der Waals surface area contributed by atoms with Crippen LogP contribution in [0.4, 0.5) is 0 Å². The van der Waals surface area contributed by atoms with Crippen LogP contribution in [0.15, 0.2) is 16.7 Å². The van der Waals surface area contributed by atoms with Crippen molar-refractivity contribution in [2.75, 3.05) is 5.75 Å². The number of furan rings is 1. The molecule has 1 amide bonds. The second-order valence-corrected chi connectivity index (χ2v) is 4.36. The van der Waals surface area contributed by atoms with E-state index >= 15 is 0 Å². The summed E-state index contributed by atoms with van der Waals surface area (Å²) in [7, 11) is 0. The summed E-state index contributed by atoms with van der Waals surface area (Å²) in [5, 5.41) is 0. The number of amides is 1. The zero-order valence-corrected chi connectivity index (χ0v) is 9.60. The molecule has 1 heterocycles. The van der Waals surface area contributed by atoms with E-state index in [9.17, 15) is 4.79 Å². The van der Waals surface area contributed by atoms with Gasteiger partial charge in [-0.3, -0.25) is 10.2 Å². The highest BCUT2D eigenvalue weighted by Crippen LogP contribution is 2.17. The van der Waals surface area contributed by atoms with Gasteiger partial charge < -0.3 is 4.42 Å². The molecule has 1 rings (SSSR count). The third-order valence-corrected chi connectivity index (χ3v) is 3.10. The second kappa shape index (κ2) is 6.53. The van der Waals surface area contributed by atoms with Gasteiger partial charge in [0.25, 0.3) is 0 Å². The highest BCUT2D eigenvalue weighted by atomic mass is 32.2.